The van der Waals surface area contributed by atoms with Crippen LogP contribution in [0.1, 0.15) is 23.8 Å². The van der Waals surface area contributed by atoms with Crippen molar-refractivity contribution in [2.24, 2.45) is 0 Å². The number of hydrogen-bond donors (Lipinski definition) is 0. The monoisotopic (exact) mass is 301 g/mol. The van der Waals surface area contributed by atoms with E-state index in [0.717, 1.165) is 13.0 Å². The van der Waals surface area contributed by atoms with Gasteiger partial charge in [0.05, 0.1) is 13.2 Å². The zero-order valence-electron chi connectivity index (χ0n) is 9.82. The Morgan fingerprint density at radius 2 is 2.06 bits per heavy atom. The van der Waals surface area contributed by atoms with Crippen LogP contribution in [0.2, 0.25) is 0 Å². The zero-order valence-corrected chi connectivity index (χ0v) is 11.4. The topological polar surface area (TPSA) is 48.4 Å². The highest BCUT2D eigenvalue weighted by molar-refractivity contribution is 9.10. The number of rotatable bonds is 8. The van der Waals surface area contributed by atoms with Crippen LogP contribution < -0.4 is 0 Å². The van der Waals surface area contributed by atoms with Gasteiger partial charge in [0.2, 0.25) is 5.78 Å². The second-order valence-corrected chi connectivity index (χ2v) is 4.25. The fraction of sp³-hybridized carbons (Fsp3) is 0.500. The molecule has 0 fully saturated rings. The quantitative estimate of drug-likeness (QED) is 0.420. The van der Waals surface area contributed by atoms with E-state index in [4.69, 9.17) is 9.47 Å². The van der Waals surface area contributed by atoms with Gasteiger partial charge in [-0.3, -0.25) is 4.79 Å². The highest BCUT2D eigenvalue weighted by Crippen LogP contribution is 2.06. The van der Waals surface area contributed by atoms with Gasteiger partial charge in [-0.2, -0.15) is 0 Å². The third-order valence-electron chi connectivity index (χ3n) is 1.95. The number of carbonyl (C=O) groups excluding carboxylic acids is 1. The van der Waals surface area contributed by atoms with Crippen LogP contribution in [0.5, 0.6) is 0 Å². The molecule has 0 aliphatic heterocycles. The van der Waals surface area contributed by atoms with E-state index in [9.17, 15) is 4.79 Å². The molecule has 0 aromatic carbocycles. The van der Waals surface area contributed by atoms with E-state index in [0.29, 0.717) is 23.5 Å². The molecule has 0 aliphatic carbocycles. The van der Waals surface area contributed by atoms with Gasteiger partial charge in [-0.15, -0.1) is 0 Å². The maximum atomic E-state index is 11.6. The fourth-order valence-electron chi connectivity index (χ4n) is 1.17. The molecule has 0 spiro atoms. The molecule has 0 N–H and O–H groups in total. The molecule has 1 aromatic heterocycles. The number of hydrogen-bond acceptors (Lipinski definition) is 4. The van der Waals surface area contributed by atoms with E-state index in [-0.39, 0.29) is 12.4 Å². The first-order valence-corrected chi connectivity index (χ1v) is 6.34. The van der Waals surface area contributed by atoms with E-state index in [2.05, 4.69) is 20.9 Å². The van der Waals surface area contributed by atoms with Crippen LogP contribution in [-0.2, 0) is 9.47 Å². The number of halogens is 1. The van der Waals surface area contributed by atoms with Crippen LogP contribution >= 0.6 is 15.9 Å². The number of pyridine rings is 1. The Morgan fingerprint density at radius 1 is 1.29 bits per heavy atom. The highest BCUT2D eigenvalue weighted by atomic mass is 79.9. The van der Waals surface area contributed by atoms with Gasteiger partial charge in [-0.25, -0.2) is 4.98 Å². The van der Waals surface area contributed by atoms with Gasteiger partial charge in [-0.05, 0) is 34.5 Å². The van der Waals surface area contributed by atoms with Crippen LogP contribution in [0, 0.1) is 0 Å². The van der Waals surface area contributed by atoms with Gasteiger partial charge >= 0.3 is 0 Å². The first-order chi connectivity index (χ1) is 8.24. The molecule has 0 bridgehead atoms. The lowest BCUT2D eigenvalue weighted by Gasteiger charge is -2.04. The van der Waals surface area contributed by atoms with Crippen LogP contribution in [0.4, 0.5) is 0 Å². The van der Waals surface area contributed by atoms with Gasteiger partial charge in [0.15, 0.2) is 0 Å². The molecule has 0 atom stereocenters. The largest absolute Gasteiger partial charge is 0.379 e. The Bertz CT molecular complexity index is 357. The molecule has 17 heavy (non-hydrogen) atoms. The molecule has 0 unspecified atom stereocenters. The van der Waals surface area contributed by atoms with Crippen LogP contribution in [0.3, 0.4) is 0 Å². The summed E-state index contributed by atoms with van der Waals surface area (Å²) in [5.74, 6) is -0.123. The van der Waals surface area contributed by atoms with Crippen molar-refractivity contribution in [2.45, 2.75) is 13.3 Å². The number of ketones is 1. The van der Waals surface area contributed by atoms with Crippen molar-refractivity contribution in [1.29, 1.82) is 0 Å². The van der Waals surface area contributed by atoms with Gasteiger partial charge in [0.1, 0.15) is 16.9 Å². The maximum absolute atomic E-state index is 11.6. The summed E-state index contributed by atoms with van der Waals surface area (Å²) in [7, 11) is 0. The molecule has 0 amide bonds. The standard InChI is InChI=1S/C12H16BrNO3/c1-2-6-16-7-8-17-9-11(15)10-4-3-5-12(13)14-10/h3-5H,2,6-9H2,1H3. The Hall–Kier alpha value is -0.780. The third kappa shape index (κ3) is 5.91. The van der Waals surface area contributed by atoms with Crippen molar-refractivity contribution < 1.29 is 14.3 Å². The van der Waals surface area contributed by atoms with Gasteiger partial charge in [0.25, 0.3) is 0 Å². The molecule has 1 aromatic rings. The van der Waals surface area contributed by atoms with Gasteiger partial charge < -0.3 is 9.47 Å². The van der Waals surface area contributed by atoms with E-state index in [1.807, 2.05) is 6.92 Å². The number of Topliss-reactive ketones (excluding diaryl/α,β-unsaturated/α-hetero) is 1. The van der Waals surface area contributed by atoms with Crippen molar-refractivity contribution in [1.82, 2.24) is 4.98 Å². The lowest BCUT2D eigenvalue weighted by atomic mass is 10.2. The minimum Gasteiger partial charge on any atom is -0.379 e. The van der Waals surface area contributed by atoms with Crippen LogP contribution in [0.15, 0.2) is 22.8 Å². The predicted octanol–water partition coefficient (Wildman–Crippen LogP) is 2.47. The summed E-state index contributed by atoms with van der Waals surface area (Å²) in [6.07, 6.45) is 0.987. The smallest absolute Gasteiger partial charge is 0.206 e. The van der Waals surface area contributed by atoms with Crippen molar-refractivity contribution >= 4 is 21.7 Å². The number of carbonyl (C=O) groups is 1. The minimum absolute atomic E-state index is 0.0406. The first-order valence-electron chi connectivity index (χ1n) is 5.55. The summed E-state index contributed by atoms with van der Waals surface area (Å²) in [6, 6.07) is 5.22. The average molecular weight is 302 g/mol. The molecular formula is C12H16BrNO3. The Labute approximate surface area is 109 Å². The van der Waals surface area contributed by atoms with Crippen molar-refractivity contribution in [3.63, 3.8) is 0 Å². The summed E-state index contributed by atoms with van der Waals surface area (Å²) in [6.45, 7) is 3.76. The normalized spacial score (nSPS) is 10.5. The Balaban J connectivity index is 2.21. The number of nitrogens with zero attached hydrogens (tertiary/aromatic N) is 1. The molecular weight excluding hydrogens is 286 g/mol. The molecule has 4 nitrogen and oxygen atoms in total. The van der Waals surface area contributed by atoms with Gasteiger partial charge in [-0.1, -0.05) is 13.0 Å². The van der Waals surface area contributed by atoms with E-state index >= 15 is 0 Å². The highest BCUT2D eigenvalue weighted by Gasteiger charge is 2.07. The van der Waals surface area contributed by atoms with E-state index in [1.54, 1.807) is 18.2 Å². The second-order valence-electron chi connectivity index (χ2n) is 3.43. The molecule has 5 heteroatoms. The summed E-state index contributed by atoms with van der Waals surface area (Å²) < 4.78 is 11.1. The number of aromatic nitrogens is 1. The van der Waals surface area contributed by atoms with Crippen molar-refractivity contribution in [3.05, 3.63) is 28.5 Å². The summed E-state index contributed by atoms with van der Waals surface area (Å²) >= 11 is 3.22. The molecule has 0 saturated heterocycles. The zero-order chi connectivity index (χ0) is 12.5. The minimum atomic E-state index is -0.123. The van der Waals surface area contributed by atoms with E-state index in [1.165, 1.54) is 0 Å². The molecule has 94 valence electrons. The molecule has 0 aliphatic rings. The lowest BCUT2D eigenvalue weighted by Crippen LogP contribution is -2.14. The van der Waals surface area contributed by atoms with Crippen molar-refractivity contribution in [3.8, 4) is 0 Å². The van der Waals surface area contributed by atoms with E-state index < -0.39 is 0 Å². The van der Waals surface area contributed by atoms with Crippen LogP contribution in [0.25, 0.3) is 0 Å². The third-order valence-corrected chi connectivity index (χ3v) is 2.40. The summed E-state index contributed by atoms with van der Waals surface area (Å²) in [4.78, 5) is 15.7. The fourth-order valence-corrected chi connectivity index (χ4v) is 1.51. The van der Waals surface area contributed by atoms with Gasteiger partial charge in [0, 0.05) is 6.61 Å². The Kier molecular flexibility index (Phi) is 7.00. The number of ether oxygens (including phenoxy) is 2. The lowest BCUT2D eigenvalue weighted by molar-refractivity contribution is 0.0439. The SMILES string of the molecule is CCCOCCOCC(=O)c1cccc(Br)n1. The first kappa shape index (κ1) is 14.3. The Morgan fingerprint density at radius 3 is 2.76 bits per heavy atom. The molecule has 0 saturated carbocycles. The molecule has 1 rings (SSSR count). The average Bonchev–Trinajstić information content (AvgIpc) is 2.33. The van der Waals surface area contributed by atoms with Crippen molar-refractivity contribution in [2.75, 3.05) is 26.4 Å². The maximum Gasteiger partial charge on any atom is 0.206 e. The predicted molar refractivity (Wildman–Crippen MR) is 68.2 cm³/mol. The second kappa shape index (κ2) is 8.33. The molecule has 1 heterocycles. The summed E-state index contributed by atoms with van der Waals surface area (Å²) in [5, 5.41) is 0. The summed E-state index contributed by atoms with van der Waals surface area (Å²) in [5.41, 5.74) is 0.411. The molecule has 0 radical (unpaired) electrons. The van der Waals surface area contributed by atoms with Crippen LogP contribution in [-0.4, -0.2) is 37.2 Å².